The molecule has 11 heteroatoms. The lowest BCUT2D eigenvalue weighted by Crippen LogP contribution is -2.43. The number of carbonyl (C=O) groups excluding carboxylic acids is 1. The number of hydrogen-bond donors (Lipinski definition) is 3. The van der Waals surface area contributed by atoms with Crippen molar-refractivity contribution in [1.82, 2.24) is 34.9 Å². The highest BCUT2D eigenvalue weighted by Crippen LogP contribution is 2.33. The number of aryl methyl sites for hydroxylation is 2. The first kappa shape index (κ1) is 24.9. The standard InChI is InChI=1S/C24H30N8O2.ClH/c1-3-32-19(11-15(2)30-32)24-27-14-18-17-12-16(22(25)33)13-20(21(17)28-23(18)29-24)34-10-4-7-31-8-5-26-6-9-31;/h11-14,26H,3-10H2,1-2H3,(H2,25,33)(H,27,28,29);1H. The summed E-state index contributed by atoms with van der Waals surface area (Å²) < 4.78 is 8.03. The number of rotatable bonds is 8. The molecule has 1 fully saturated rings. The minimum absolute atomic E-state index is 0. The highest BCUT2D eigenvalue weighted by Gasteiger charge is 2.17. The smallest absolute Gasteiger partial charge is 0.248 e. The minimum atomic E-state index is -0.498. The van der Waals surface area contributed by atoms with Gasteiger partial charge in [-0.15, -0.1) is 12.4 Å². The highest BCUT2D eigenvalue weighted by molar-refractivity contribution is 6.11. The summed E-state index contributed by atoms with van der Waals surface area (Å²) in [5.74, 6) is 0.692. The number of carbonyl (C=O) groups is 1. The van der Waals surface area contributed by atoms with Crippen LogP contribution in [0.4, 0.5) is 0 Å². The van der Waals surface area contributed by atoms with Crippen molar-refractivity contribution < 1.29 is 9.53 Å². The molecule has 3 aromatic heterocycles. The summed E-state index contributed by atoms with van der Waals surface area (Å²) >= 11 is 0. The average molecular weight is 499 g/mol. The van der Waals surface area contributed by atoms with Crippen LogP contribution in [0.15, 0.2) is 24.4 Å². The minimum Gasteiger partial charge on any atom is -0.491 e. The van der Waals surface area contributed by atoms with Gasteiger partial charge in [0.1, 0.15) is 17.1 Å². The Bertz CT molecular complexity index is 1340. The second-order valence-corrected chi connectivity index (χ2v) is 8.62. The Morgan fingerprint density at radius 2 is 2.00 bits per heavy atom. The van der Waals surface area contributed by atoms with Gasteiger partial charge in [0.25, 0.3) is 0 Å². The Labute approximate surface area is 209 Å². The molecule has 1 aliphatic heterocycles. The van der Waals surface area contributed by atoms with Gasteiger partial charge in [-0.2, -0.15) is 5.10 Å². The largest absolute Gasteiger partial charge is 0.491 e. The van der Waals surface area contributed by atoms with Crippen LogP contribution in [0.1, 0.15) is 29.4 Å². The molecule has 0 unspecified atom stereocenters. The molecule has 0 spiro atoms. The summed E-state index contributed by atoms with van der Waals surface area (Å²) in [5.41, 5.74) is 9.25. The second kappa shape index (κ2) is 10.6. The number of amides is 1. The normalized spacial score (nSPS) is 14.3. The number of nitrogens with two attached hydrogens (primary N) is 1. The van der Waals surface area contributed by atoms with Gasteiger partial charge in [-0.25, -0.2) is 9.97 Å². The molecule has 4 N–H and O–H groups in total. The Morgan fingerprint density at radius 1 is 1.20 bits per heavy atom. The number of H-pyrrole nitrogens is 1. The van der Waals surface area contributed by atoms with Crippen LogP contribution in [0, 0.1) is 6.92 Å². The van der Waals surface area contributed by atoms with Crippen molar-refractivity contribution in [3.63, 3.8) is 0 Å². The molecule has 35 heavy (non-hydrogen) atoms. The summed E-state index contributed by atoms with van der Waals surface area (Å²) in [7, 11) is 0. The number of nitrogens with zero attached hydrogens (tertiary/aromatic N) is 5. The van der Waals surface area contributed by atoms with E-state index in [1.54, 1.807) is 18.3 Å². The fourth-order valence-electron chi connectivity index (χ4n) is 4.50. The molecule has 10 nitrogen and oxygen atoms in total. The Hall–Kier alpha value is -3.21. The predicted molar refractivity (Wildman–Crippen MR) is 138 cm³/mol. The van der Waals surface area contributed by atoms with Crippen LogP contribution in [0.3, 0.4) is 0 Å². The van der Waals surface area contributed by atoms with E-state index in [1.165, 1.54) is 0 Å². The van der Waals surface area contributed by atoms with E-state index in [2.05, 4.69) is 25.3 Å². The molecule has 0 saturated carbocycles. The van der Waals surface area contributed by atoms with Gasteiger partial charge in [0, 0.05) is 61.8 Å². The second-order valence-electron chi connectivity index (χ2n) is 8.62. The number of primary amides is 1. The first-order valence-corrected chi connectivity index (χ1v) is 11.8. The number of fused-ring (bicyclic) bond motifs is 3. The average Bonchev–Trinajstić information content (AvgIpc) is 3.41. The molecule has 1 aromatic carbocycles. The van der Waals surface area contributed by atoms with E-state index < -0.39 is 5.91 Å². The van der Waals surface area contributed by atoms with E-state index >= 15 is 0 Å². The first-order valence-electron chi connectivity index (χ1n) is 11.8. The van der Waals surface area contributed by atoms with E-state index in [1.807, 2.05) is 24.6 Å². The molecule has 1 amide bonds. The number of hydrogen-bond acceptors (Lipinski definition) is 7. The molecule has 0 bridgehead atoms. The van der Waals surface area contributed by atoms with Gasteiger partial charge in [0.15, 0.2) is 5.82 Å². The maximum absolute atomic E-state index is 12.0. The summed E-state index contributed by atoms with van der Waals surface area (Å²) in [6.45, 7) is 10.4. The maximum atomic E-state index is 12.0. The molecule has 1 saturated heterocycles. The number of aromatic amines is 1. The van der Waals surface area contributed by atoms with Crippen LogP contribution in [-0.2, 0) is 6.54 Å². The van der Waals surface area contributed by atoms with Crippen LogP contribution in [0.25, 0.3) is 33.5 Å². The van der Waals surface area contributed by atoms with Gasteiger partial charge in [-0.3, -0.25) is 9.48 Å². The maximum Gasteiger partial charge on any atom is 0.248 e. The first-order chi connectivity index (χ1) is 16.5. The SMILES string of the molecule is CCn1nc(C)cc1-c1ncc2c(n1)[nH]c1c(OCCCN3CCNCC3)cc(C(N)=O)cc12.Cl. The lowest BCUT2D eigenvalue weighted by atomic mass is 10.1. The predicted octanol–water partition coefficient (Wildman–Crippen LogP) is 2.50. The van der Waals surface area contributed by atoms with Crippen molar-refractivity contribution in [2.45, 2.75) is 26.8 Å². The zero-order valence-corrected chi connectivity index (χ0v) is 20.8. The summed E-state index contributed by atoms with van der Waals surface area (Å²) in [4.78, 5) is 27.2. The Kier molecular flexibility index (Phi) is 7.54. The van der Waals surface area contributed by atoms with Crippen molar-refractivity contribution in [2.75, 3.05) is 39.3 Å². The van der Waals surface area contributed by atoms with Crippen LogP contribution in [0.5, 0.6) is 5.75 Å². The summed E-state index contributed by atoms with van der Waals surface area (Å²) in [5, 5.41) is 9.49. The fraction of sp³-hybridized carbons (Fsp3) is 0.417. The van der Waals surface area contributed by atoms with Gasteiger partial charge in [-0.1, -0.05) is 0 Å². The number of piperazine rings is 1. The number of benzene rings is 1. The topological polar surface area (TPSA) is 127 Å². The van der Waals surface area contributed by atoms with Crippen LogP contribution in [-0.4, -0.2) is 74.9 Å². The molecule has 1 aliphatic rings. The molecular weight excluding hydrogens is 468 g/mol. The van der Waals surface area contributed by atoms with E-state index in [0.29, 0.717) is 29.4 Å². The third kappa shape index (κ3) is 5.09. The van der Waals surface area contributed by atoms with Gasteiger partial charge < -0.3 is 25.7 Å². The van der Waals surface area contributed by atoms with Gasteiger partial charge >= 0.3 is 0 Å². The Morgan fingerprint density at radius 3 is 2.74 bits per heavy atom. The highest BCUT2D eigenvalue weighted by atomic mass is 35.5. The van der Waals surface area contributed by atoms with E-state index in [-0.39, 0.29) is 12.4 Å². The van der Waals surface area contributed by atoms with Crippen LogP contribution < -0.4 is 15.8 Å². The van der Waals surface area contributed by atoms with Gasteiger partial charge in [-0.05, 0) is 38.5 Å². The van der Waals surface area contributed by atoms with Crippen molar-refractivity contribution in [2.24, 2.45) is 5.73 Å². The third-order valence-electron chi connectivity index (χ3n) is 6.23. The van der Waals surface area contributed by atoms with Crippen molar-refractivity contribution in [3.8, 4) is 17.3 Å². The molecule has 0 aliphatic carbocycles. The zero-order chi connectivity index (χ0) is 23.7. The molecule has 0 atom stereocenters. The number of nitrogens with one attached hydrogen (secondary N) is 2. The fourth-order valence-corrected chi connectivity index (χ4v) is 4.50. The summed E-state index contributed by atoms with van der Waals surface area (Å²) in [6.07, 6.45) is 2.67. The monoisotopic (exact) mass is 498 g/mol. The van der Waals surface area contributed by atoms with Crippen LogP contribution >= 0.6 is 12.4 Å². The lowest BCUT2D eigenvalue weighted by molar-refractivity contribution is 0.1000. The van der Waals surface area contributed by atoms with Crippen molar-refractivity contribution in [1.29, 1.82) is 0 Å². The summed E-state index contributed by atoms with van der Waals surface area (Å²) in [6, 6.07) is 5.45. The van der Waals surface area contributed by atoms with Gasteiger partial charge in [0.2, 0.25) is 5.91 Å². The lowest BCUT2D eigenvalue weighted by Gasteiger charge is -2.27. The number of halogens is 1. The third-order valence-corrected chi connectivity index (χ3v) is 6.23. The van der Waals surface area contributed by atoms with E-state index in [9.17, 15) is 4.79 Å². The zero-order valence-electron chi connectivity index (χ0n) is 20.0. The number of ether oxygens (including phenoxy) is 1. The van der Waals surface area contributed by atoms with Gasteiger partial charge in [0.05, 0.1) is 17.8 Å². The van der Waals surface area contributed by atoms with E-state index in [4.69, 9.17) is 15.5 Å². The molecule has 4 aromatic rings. The molecule has 186 valence electrons. The van der Waals surface area contributed by atoms with E-state index in [0.717, 1.165) is 73.4 Å². The molecule has 4 heterocycles. The molecule has 0 radical (unpaired) electrons. The quantitative estimate of drug-likeness (QED) is 0.318. The Balaban J connectivity index is 0.00000289. The van der Waals surface area contributed by atoms with Crippen molar-refractivity contribution >= 4 is 40.3 Å². The van der Waals surface area contributed by atoms with Crippen molar-refractivity contribution in [3.05, 3.63) is 35.7 Å². The molecule has 5 rings (SSSR count). The number of aromatic nitrogens is 5. The molecular formula is C24H31ClN8O2. The van der Waals surface area contributed by atoms with Crippen LogP contribution in [0.2, 0.25) is 0 Å².